The normalized spacial score (nSPS) is 17.9. The molecule has 5 heteroatoms. The van der Waals surface area contributed by atoms with Gasteiger partial charge in [0.1, 0.15) is 5.71 Å². The number of carbonyl (C=O) groups is 1. The molecule has 1 heterocycles. The molecule has 0 saturated carbocycles. The van der Waals surface area contributed by atoms with Crippen molar-refractivity contribution < 1.29 is 9.90 Å². The summed E-state index contributed by atoms with van der Waals surface area (Å²) in [5, 5.41) is 15.1. The summed E-state index contributed by atoms with van der Waals surface area (Å²) in [4.78, 5) is 14.4. The first-order valence-electron chi connectivity index (χ1n) is 7.59. The zero-order valence-corrected chi connectivity index (χ0v) is 13.6. The molecule has 118 valence electrons. The zero-order valence-electron chi connectivity index (χ0n) is 13.6. The molecule has 0 aromatic heterocycles. The maximum absolute atomic E-state index is 12.1. The lowest BCUT2D eigenvalue weighted by molar-refractivity contribution is -0.124. The Morgan fingerprint density at radius 2 is 1.86 bits per heavy atom. The number of anilines is 1. The van der Waals surface area contributed by atoms with Crippen LogP contribution in [0.25, 0.3) is 6.08 Å². The predicted octanol–water partition coefficient (Wildman–Crippen LogP) is 2.12. The molecule has 5 nitrogen and oxygen atoms in total. The molecule has 1 aliphatic rings. The van der Waals surface area contributed by atoms with E-state index in [1.54, 1.807) is 20.0 Å². The van der Waals surface area contributed by atoms with E-state index in [4.69, 9.17) is 0 Å². The first kappa shape index (κ1) is 16.2. The van der Waals surface area contributed by atoms with E-state index in [1.807, 2.05) is 24.3 Å². The summed E-state index contributed by atoms with van der Waals surface area (Å²) in [6, 6.07) is 8.04. The van der Waals surface area contributed by atoms with Gasteiger partial charge >= 0.3 is 0 Å². The highest BCUT2D eigenvalue weighted by atomic mass is 16.3. The van der Waals surface area contributed by atoms with Gasteiger partial charge in [0.2, 0.25) is 0 Å². The monoisotopic (exact) mass is 301 g/mol. The number of hydrazone groups is 1. The Bertz CT molecular complexity index is 599. The molecule has 1 aromatic rings. The van der Waals surface area contributed by atoms with Gasteiger partial charge in [-0.3, -0.25) is 4.79 Å². The van der Waals surface area contributed by atoms with Crippen LogP contribution in [-0.2, 0) is 4.79 Å². The van der Waals surface area contributed by atoms with E-state index in [0.29, 0.717) is 11.3 Å². The van der Waals surface area contributed by atoms with E-state index in [9.17, 15) is 9.90 Å². The Kier molecular flexibility index (Phi) is 4.98. The Balaban J connectivity index is 2.29. The van der Waals surface area contributed by atoms with E-state index in [1.165, 1.54) is 5.01 Å². The third kappa shape index (κ3) is 3.20. The number of carbonyl (C=O) groups excluding carboxylic acids is 1. The Morgan fingerprint density at radius 3 is 2.36 bits per heavy atom. The summed E-state index contributed by atoms with van der Waals surface area (Å²) in [5.41, 5.74) is 2.95. The van der Waals surface area contributed by atoms with Gasteiger partial charge < -0.3 is 10.0 Å². The maximum atomic E-state index is 12.1. The molecule has 0 aliphatic carbocycles. The molecular formula is C17H23N3O2. The number of nitrogens with zero attached hydrogens (tertiary/aromatic N) is 3. The maximum Gasteiger partial charge on any atom is 0.275 e. The molecule has 0 fully saturated rings. The number of likely N-dealkylation sites (N-methyl/N-ethyl adjacent to an activating group) is 1. The molecule has 2 rings (SSSR count). The summed E-state index contributed by atoms with van der Waals surface area (Å²) < 4.78 is 0. The summed E-state index contributed by atoms with van der Waals surface area (Å²) in [7, 11) is 1.59. The molecule has 1 atom stereocenters. The average molecular weight is 301 g/mol. The van der Waals surface area contributed by atoms with Gasteiger partial charge in [-0.2, -0.15) is 5.10 Å². The van der Waals surface area contributed by atoms with Crippen molar-refractivity contribution in [2.75, 3.05) is 25.0 Å². The summed E-state index contributed by atoms with van der Waals surface area (Å²) in [6.07, 6.45) is 1.01. The van der Waals surface area contributed by atoms with Crippen LogP contribution in [0.2, 0.25) is 0 Å². The van der Waals surface area contributed by atoms with Crippen LogP contribution in [0.1, 0.15) is 26.3 Å². The molecule has 0 bridgehead atoms. The Labute approximate surface area is 131 Å². The molecular weight excluding hydrogens is 278 g/mol. The molecule has 1 unspecified atom stereocenters. The molecule has 0 saturated heterocycles. The second-order valence-corrected chi connectivity index (χ2v) is 5.31. The van der Waals surface area contributed by atoms with Crippen LogP contribution in [0, 0.1) is 0 Å². The molecule has 1 aromatic carbocycles. The van der Waals surface area contributed by atoms with Gasteiger partial charge in [0.25, 0.3) is 5.91 Å². The lowest BCUT2D eigenvalue weighted by atomic mass is 10.0. The number of hydrogen-bond donors (Lipinski definition) is 1. The van der Waals surface area contributed by atoms with Crippen molar-refractivity contribution >= 4 is 23.4 Å². The fourth-order valence-electron chi connectivity index (χ4n) is 2.53. The van der Waals surface area contributed by atoms with E-state index in [-0.39, 0.29) is 5.91 Å². The van der Waals surface area contributed by atoms with Gasteiger partial charge in [-0.1, -0.05) is 12.1 Å². The second-order valence-electron chi connectivity index (χ2n) is 5.31. The minimum absolute atomic E-state index is 0.191. The molecule has 1 aliphatic heterocycles. The lowest BCUT2D eigenvalue weighted by Gasteiger charge is -2.20. The Morgan fingerprint density at radius 1 is 1.27 bits per heavy atom. The number of aliphatic hydroxyl groups excluding tert-OH is 1. The van der Waals surface area contributed by atoms with Crippen LogP contribution < -0.4 is 4.90 Å². The first-order valence-corrected chi connectivity index (χ1v) is 7.59. The van der Waals surface area contributed by atoms with Crippen molar-refractivity contribution in [3.8, 4) is 0 Å². The first-order chi connectivity index (χ1) is 10.5. The fraction of sp³-hybridized carbons (Fsp3) is 0.412. The number of rotatable bonds is 5. The van der Waals surface area contributed by atoms with Crippen molar-refractivity contribution in [1.29, 1.82) is 0 Å². The minimum atomic E-state index is -0.768. The van der Waals surface area contributed by atoms with E-state index >= 15 is 0 Å². The van der Waals surface area contributed by atoms with Crippen molar-refractivity contribution in [3.05, 3.63) is 35.4 Å². The highest BCUT2D eigenvalue weighted by Gasteiger charge is 2.29. The quantitative estimate of drug-likeness (QED) is 0.848. The van der Waals surface area contributed by atoms with E-state index in [2.05, 4.69) is 23.8 Å². The van der Waals surface area contributed by atoms with Crippen molar-refractivity contribution in [2.24, 2.45) is 5.10 Å². The Hall–Kier alpha value is -2.14. The van der Waals surface area contributed by atoms with Gasteiger partial charge in [-0.15, -0.1) is 0 Å². The molecule has 0 radical (unpaired) electrons. The molecule has 22 heavy (non-hydrogen) atoms. The van der Waals surface area contributed by atoms with Crippen LogP contribution in [0.5, 0.6) is 0 Å². The SMILES string of the molecule is CCN(CC)c1ccc(/C=C2\C(=O)N(C)N=C2C(C)O)cc1. The minimum Gasteiger partial charge on any atom is -0.387 e. The van der Waals surface area contributed by atoms with Crippen molar-refractivity contribution in [3.63, 3.8) is 0 Å². The zero-order chi connectivity index (χ0) is 16.3. The van der Waals surface area contributed by atoms with Crippen LogP contribution in [0.15, 0.2) is 34.9 Å². The fourth-order valence-corrected chi connectivity index (χ4v) is 2.53. The lowest BCUT2D eigenvalue weighted by Crippen LogP contribution is -2.21. The van der Waals surface area contributed by atoms with Crippen LogP contribution in [0.3, 0.4) is 0 Å². The number of hydrogen-bond acceptors (Lipinski definition) is 4. The van der Waals surface area contributed by atoms with Crippen molar-refractivity contribution in [1.82, 2.24) is 5.01 Å². The van der Waals surface area contributed by atoms with Crippen LogP contribution in [-0.4, -0.2) is 48.0 Å². The number of benzene rings is 1. The van der Waals surface area contributed by atoms with Gasteiger partial charge in [0, 0.05) is 25.8 Å². The van der Waals surface area contributed by atoms with Gasteiger partial charge in [-0.05, 0) is 44.5 Å². The highest BCUT2D eigenvalue weighted by molar-refractivity contribution is 6.28. The third-order valence-electron chi connectivity index (χ3n) is 3.79. The van der Waals surface area contributed by atoms with Gasteiger partial charge in [-0.25, -0.2) is 5.01 Å². The molecule has 0 spiro atoms. The van der Waals surface area contributed by atoms with Crippen LogP contribution in [0.4, 0.5) is 5.69 Å². The summed E-state index contributed by atoms with van der Waals surface area (Å²) in [5.74, 6) is -0.191. The van der Waals surface area contributed by atoms with Crippen molar-refractivity contribution in [2.45, 2.75) is 26.9 Å². The smallest absolute Gasteiger partial charge is 0.275 e. The second kappa shape index (κ2) is 6.75. The largest absolute Gasteiger partial charge is 0.387 e. The number of amides is 1. The number of aliphatic hydroxyl groups is 1. The van der Waals surface area contributed by atoms with E-state index in [0.717, 1.165) is 24.3 Å². The topological polar surface area (TPSA) is 56.1 Å². The van der Waals surface area contributed by atoms with E-state index < -0.39 is 6.10 Å². The predicted molar refractivity (Wildman–Crippen MR) is 89.9 cm³/mol. The average Bonchev–Trinajstić information content (AvgIpc) is 2.79. The van der Waals surface area contributed by atoms with Gasteiger partial charge in [0.15, 0.2) is 0 Å². The highest BCUT2D eigenvalue weighted by Crippen LogP contribution is 2.21. The third-order valence-corrected chi connectivity index (χ3v) is 3.79. The van der Waals surface area contributed by atoms with Gasteiger partial charge in [0.05, 0.1) is 11.7 Å². The molecule has 1 amide bonds. The standard InChI is InChI=1S/C17H23N3O2/c1-5-20(6-2)14-9-7-13(8-10-14)11-15-16(12(3)21)18-19(4)17(15)22/h7-12,21H,5-6H2,1-4H3/b15-11-. The summed E-state index contributed by atoms with van der Waals surface area (Å²) >= 11 is 0. The molecule has 1 N–H and O–H groups in total. The summed E-state index contributed by atoms with van der Waals surface area (Å²) in [6.45, 7) is 7.77. The van der Waals surface area contributed by atoms with Crippen LogP contribution >= 0.6 is 0 Å².